The van der Waals surface area contributed by atoms with E-state index in [2.05, 4.69) is 20.8 Å². The van der Waals surface area contributed by atoms with Gasteiger partial charge in [-0.15, -0.1) is 0 Å². The molecule has 2 aliphatic rings. The highest BCUT2D eigenvalue weighted by Crippen LogP contribution is 2.66. The van der Waals surface area contributed by atoms with Gasteiger partial charge < -0.3 is 4.74 Å². The second-order valence-electron chi connectivity index (χ2n) is 6.90. The number of carbonyl (C=O) groups is 1. The number of thiophene rings is 1. The predicted octanol–water partition coefficient (Wildman–Crippen LogP) is 4.03. The zero-order valence-corrected chi connectivity index (χ0v) is 13.2. The van der Waals surface area contributed by atoms with E-state index in [-0.39, 0.29) is 21.9 Å². The van der Waals surface area contributed by atoms with Gasteiger partial charge in [0.1, 0.15) is 11.0 Å². The lowest BCUT2D eigenvalue weighted by atomic mass is 9.70. The lowest BCUT2D eigenvalue weighted by molar-refractivity contribution is -0.380. The van der Waals surface area contributed by atoms with E-state index in [4.69, 9.17) is 4.74 Å². The van der Waals surface area contributed by atoms with Gasteiger partial charge in [-0.3, -0.25) is 10.1 Å². The maximum atomic E-state index is 12.2. The van der Waals surface area contributed by atoms with Crippen molar-refractivity contribution < 1.29 is 14.5 Å². The first-order valence-electron chi connectivity index (χ1n) is 7.21. The van der Waals surface area contributed by atoms with Crippen molar-refractivity contribution in [1.82, 2.24) is 0 Å². The molecular weight excluding hydrogens is 290 g/mol. The van der Waals surface area contributed by atoms with Gasteiger partial charge in [-0.1, -0.05) is 32.1 Å². The molecule has 0 aromatic carbocycles. The van der Waals surface area contributed by atoms with Crippen LogP contribution in [0.3, 0.4) is 0 Å². The van der Waals surface area contributed by atoms with Gasteiger partial charge in [0.15, 0.2) is 0 Å². The average Bonchev–Trinajstić information content (AvgIpc) is 3.02. The molecular formula is C15H19NO4S. The molecule has 0 saturated heterocycles. The summed E-state index contributed by atoms with van der Waals surface area (Å²) in [5.74, 6) is 0.167. The van der Waals surface area contributed by atoms with Gasteiger partial charge >= 0.3 is 11.0 Å². The number of esters is 1. The quantitative estimate of drug-likeness (QED) is 0.480. The maximum absolute atomic E-state index is 12.2. The number of nitro groups is 1. The second-order valence-corrected chi connectivity index (χ2v) is 7.96. The molecule has 2 fully saturated rings. The van der Waals surface area contributed by atoms with Gasteiger partial charge in [-0.25, -0.2) is 4.79 Å². The van der Waals surface area contributed by atoms with Crippen LogP contribution in [0.1, 0.15) is 49.7 Å². The minimum absolute atomic E-state index is 0.0104. The first-order valence-corrected chi connectivity index (χ1v) is 8.02. The van der Waals surface area contributed by atoms with Crippen LogP contribution in [-0.2, 0) is 4.74 Å². The fourth-order valence-electron chi connectivity index (χ4n) is 4.03. The molecule has 0 aliphatic heterocycles. The van der Waals surface area contributed by atoms with E-state index in [1.807, 2.05) is 0 Å². The summed E-state index contributed by atoms with van der Waals surface area (Å²) in [5, 5.41) is 10.7. The molecule has 1 aromatic heterocycles. The third-order valence-corrected chi connectivity index (χ3v) is 6.95. The Labute approximate surface area is 127 Å². The standard InChI is InChI=1S/C15H19NO4S/c1-14(2)9-6-7-15(14,3)11(8-9)20-13(17)10-4-5-12(21-10)16(18)19/h4-5,9,11H,6-8H2,1-3H3. The summed E-state index contributed by atoms with van der Waals surface area (Å²) < 4.78 is 5.71. The van der Waals surface area contributed by atoms with Crippen LogP contribution in [0, 0.1) is 26.9 Å². The van der Waals surface area contributed by atoms with Gasteiger partial charge in [-0.05, 0) is 36.7 Å². The molecule has 0 spiro atoms. The Morgan fingerprint density at radius 3 is 2.62 bits per heavy atom. The van der Waals surface area contributed by atoms with Crippen molar-refractivity contribution in [2.75, 3.05) is 0 Å². The third-order valence-electron chi connectivity index (χ3n) is 5.94. The van der Waals surface area contributed by atoms with E-state index in [0.717, 1.165) is 24.2 Å². The Hall–Kier alpha value is -1.43. The number of hydrogen-bond donors (Lipinski definition) is 0. The number of hydrogen-bond acceptors (Lipinski definition) is 5. The van der Waals surface area contributed by atoms with Crippen LogP contribution >= 0.6 is 11.3 Å². The smallest absolute Gasteiger partial charge is 0.348 e. The van der Waals surface area contributed by atoms with Crippen molar-refractivity contribution in [1.29, 1.82) is 0 Å². The third kappa shape index (κ3) is 1.99. The highest BCUT2D eigenvalue weighted by molar-refractivity contribution is 7.17. The summed E-state index contributed by atoms with van der Waals surface area (Å²) in [5.41, 5.74) is 0.190. The Bertz CT molecular complexity index is 609. The van der Waals surface area contributed by atoms with E-state index in [1.165, 1.54) is 18.6 Å². The largest absolute Gasteiger partial charge is 0.458 e. The fourth-order valence-corrected chi connectivity index (χ4v) is 4.73. The SMILES string of the molecule is CC1(C)C2CCC1(C)C(OC(=O)c1ccc([N+](=O)[O-])s1)C2. The summed E-state index contributed by atoms with van der Waals surface area (Å²) in [6.07, 6.45) is 3.10. The van der Waals surface area contributed by atoms with Crippen molar-refractivity contribution in [3.05, 3.63) is 27.1 Å². The summed E-state index contributed by atoms with van der Waals surface area (Å²) in [7, 11) is 0. The lowest BCUT2D eigenvalue weighted by Gasteiger charge is -2.38. The molecule has 21 heavy (non-hydrogen) atoms. The Kier molecular flexibility index (Phi) is 3.13. The molecule has 2 bridgehead atoms. The van der Waals surface area contributed by atoms with Crippen molar-refractivity contribution in [2.24, 2.45) is 16.7 Å². The van der Waals surface area contributed by atoms with Crippen molar-refractivity contribution in [2.45, 2.75) is 46.1 Å². The van der Waals surface area contributed by atoms with Crippen LogP contribution in [0.2, 0.25) is 0 Å². The molecule has 3 atom stereocenters. The molecule has 0 N–H and O–H groups in total. The molecule has 0 amide bonds. The van der Waals surface area contributed by atoms with Gasteiger partial charge in [0.2, 0.25) is 0 Å². The molecule has 5 nitrogen and oxygen atoms in total. The highest BCUT2D eigenvalue weighted by atomic mass is 32.1. The minimum atomic E-state index is -0.483. The normalized spacial score (nSPS) is 33.1. The molecule has 114 valence electrons. The molecule has 3 unspecified atom stereocenters. The summed E-state index contributed by atoms with van der Waals surface area (Å²) >= 11 is 0.878. The van der Waals surface area contributed by atoms with Crippen LogP contribution in [0.4, 0.5) is 5.00 Å². The number of fused-ring (bicyclic) bond motifs is 2. The van der Waals surface area contributed by atoms with Crippen LogP contribution in [-0.4, -0.2) is 17.0 Å². The van der Waals surface area contributed by atoms with Crippen LogP contribution < -0.4 is 0 Å². The van der Waals surface area contributed by atoms with Crippen molar-refractivity contribution in [3.63, 3.8) is 0 Å². The zero-order valence-electron chi connectivity index (χ0n) is 12.4. The average molecular weight is 309 g/mol. The molecule has 2 saturated carbocycles. The van der Waals surface area contributed by atoms with E-state index in [0.29, 0.717) is 10.8 Å². The molecule has 6 heteroatoms. The fraction of sp³-hybridized carbons (Fsp3) is 0.667. The Balaban J connectivity index is 1.75. The first kappa shape index (κ1) is 14.5. The monoisotopic (exact) mass is 309 g/mol. The zero-order chi connectivity index (χ0) is 15.4. The highest BCUT2D eigenvalue weighted by Gasteiger charge is 2.62. The molecule has 2 aliphatic carbocycles. The summed E-state index contributed by atoms with van der Waals surface area (Å²) in [6, 6.07) is 2.83. The minimum Gasteiger partial charge on any atom is -0.458 e. The van der Waals surface area contributed by atoms with Crippen LogP contribution in [0.25, 0.3) is 0 Å². The topological polar surface area (TPSA) is 69.4 Å². The van der Waals surface area contributed by atoms with Crippen molar-refractivity contribution >= 4 is 22.3 Å². The van der Waals surface area contributed by atoms with Crippen LogP contribution in [0.15, 0.2) is 12.1 Å². The second kappa shape index (κ2) is 4.53. The number of ether oxygens (including phenoxy) is 1. The van der Waals surface area contributed by atoms with E-state index >= 15 is 0 Å². The molecule has 3 rings (SSSR count). The van der Waals surface area contributed by atoms with Gasteiger partial charge in [0.05, 0.1) is 4.92 Å². The Morgan fingerprint density at radius 2 is 2.14 bits per heavy atom. The molecule has 1 heterocycles. The van der Waals surface area contributed by atoms with Gasteiger partial charge in [0, 0.05) is 11.5 Å². The van der Waals surface area contributed by atoms with E-state index in [1.54, 1.807) is 0 Å². The Morgan fingerprint density at radius 1 is 1.43 bits per heavy atom. The van der Waals surface area contributed by atoms with Crippen molar-refractivity contribution in [3.8, 4) is 0 Å². The number of carbonyl (C=O) groups excluding carboxylic acids is 1. The maximum Gasteiger partial charge on any atom is 0.348 e. The molecule has 1 aromatic rings. The predicted molar refractivity (Wildman–Crippen MR) is 79.4 cm³/mol. The van der Waals surface area contributed by atoms with Crippen LogP contribution in [0.5, 0.6) is 0 Å². The number of rotatable bonds is 3. The van der Waals surface area contributed by atoms with E-state index < -0.39 is 10.9 Å². The summed E-state index contributed by atoms with van der Waals surface area (Å²) in [4.78, 5) is 22.7. The lowest BCUT2D eigenvalue weighted by Crippen LogP contribution is -2.38. The number of nitrogens with zero attached hydrogens (tertiary/aromatic N) is 1. The van der Waals surface area contributed by atoms with Gasteiger partial charge in [0.25, 0.3) is 0 Å². The first-order chi connectivity index (χ1) is 9.75. The summed E-state index contributed by atoms with van der Waals surface area (Å²) in [6.45, 7) is 6.72. The van der Waals surface area contributed by atoms with E-state index in [9.17, 15) is 14.9 Å². The molecule has 0 radical (unpaired) electrons. The van der Waals surface area contributed by atoms with Gasteiger partial charge in [-0.2, -0.15) is 0 Å².